The van der Waals surface area contributed by atoms with E-state index in [9.17, 15) is 9.59 Å². The van der Waals surface area contributed by atoms with Crippen LogP contribution in [0.4, 0.5) is 10.7 Å². The van der Waals surface area contributed by atoms with Gasteiger partial charge in [0.05, 0.1) is 16.1 Å². The number of primary amides is 1. The molecule has 1 amide bonds. The first-order valence-electron chi connectivity index (χ1n) is 6.03. The van der Waals surface area contributed by atoms with Gasteiger partial charge in [-0.05, 0) is 18.8 Å². The Hall–Kier alpha value is -1.56. The van der Waals surface area contributed by atoms with Gasteiger partial charge in [0, 0.05) is 13.0 Å². The van der Waals surface area contributed by atoms with Crippen LogP contribution in [-0.2, 0) is 0 Å². The summed E-state index contributed by atoms with van der Waals surface area (Å²) in [6.45, 7) is 2.57. The Morgan fingerprint density at radius 3 is 2.61 bits per heavy atom. The molecule has 5 nitrogen and oxygen atoms in total. The second kappa shape index (κ2) is 4.97. The first kappa shape index (κ1) is 12.9. The van der Waals surface area contributed by atoms with Crippen LogP contribution in [0, 0.1) is 5.92 Å². The third kappa shape index (κ3) is 2.48. The van der Waals surface area contributed by atoms with E-state index in [1.54, 1.807) is 6.92 Å². The minimum Gasteiger partial charge on any atom is -0.397 e. The molecule has 0 atom stereocenters. The van der Waals surface area contributed by atoms with Gasteiger partial charge in [-0.2, -0.15) is 0 Å². The molecule has 5 N–H and O–H groups in total. The molecule has 0 radical (unpaired) electrons. The summed E-state index contributed by atoms with van der Waals surface area (Å²) in [7, 11) is 0. The van der Waals surface area contributed by atoms with Crippen LogP contribution in [0.3, 0.4) is 0 Å². The number of ketones is 1. The Morgan fingerprint density at radius 2 is 2.11 bits per heavy atom. The summed E-state index contributed by atoms with van der Waals surface area (Å²) >= 11 is 1.23. The van der Waals surface area contributed by atoms with Crippen molar-refractivity contribution >= 4 is 33.7 Å². The Morgan fingerprint density at radius 1 is 1.44 bits per heavy atom. The number of rotatable bonds is 6. The van der Waals surface area contributed by atoms with Crippen molar-refractivity contribution in [2.75, 3.05) is 17.6 Å². The minimum atomic E-state index is -0.586. The van der Waals surface area contributed by atoms with E-state index in [2.05, 4.69) is 5.32 Å². The Bertz CT molecular complexity index is 492. The highest BCUT2D eigenvalue weighted by atomic mass is 32.1. The van der Waals surface area contributed by atoms with Crippen molar-refractivity contribution < 1.29 is 9.59 Å². The summed E-state index contributed by atoms with van der Waals surface area (Å²) in [5, 5.41) is 3.81. The fourth-order valence-electron chi connectivity index (χ4n) is 1.74. The molecule has 6 heteroatoms. The average molecular weight is 267 g/mol. The van der Waals surface area contributed by atoms with Gasteiger partial charge < -0.3 is 16.8 Å². The van der Waals surface area contributed by atoms with E-state index in [1.807, 2.05) is 0 Å². The fraction of sp³-hybridized carbons (Fsp3) is 0.500. The number of nitrogens with two attached hydrogens (primary N) is 2. The lowest BCUT2D eigenvalue weighted by atomic mass is 10.1. The maximum atomic E-state index is 11.7. The van der Waals surface area contributed by atoms with Crippen molar-refractivity contribution in [1.82, 2.24) is 0 Å². The lowest BCUT2D eigenvalue weighted by molar-refractivity contribution is 0.0991. The predicted octanol–water partition coefficient (Wildman–Crippen LogP) is 1.84. The van der Waals surface area contributed by atoms with Crippen molar-refractivity contribution in [2.45, 2.75) is 26.2 Å². The number of carbonyl (C=O) groups is 2. The first-order valence-corrected chi connectivity index (χ1v) is 6.85. The maximum Gasteiger partial charge on any atom is 0.253 e. The predicted molar refractivity (Wildman–Crippen MR) is 73.1 cm³/mol. The third-order valence-corrected chi connectivity index (χ3v) is 4.22. The van der Waals surface area contributed by atoms with Crippen molar-refractivity contribution in [2.24, 2.45) is 11.7 Å². The quantitative estimate of drug-likeness (QED) is 0.685. The highest BCUT2D eigenvalue weighted by Crippen LogP contribution is 2.37. The molecule has 0 spiro atoms. The molecular weight excluding hydrogens is 250 g/mol. The van der Waals surface area contributed by atoms with Crippen LogP contribution in [0.2, 0.25) is 0 Å². The van der Waals surface area contributed by atoms with Gasteiger partial charge in [-0.25, -0.2) is 0 Å². The van der Waals surface area contributed by atoms with Gasteiger partial charge >= 0.3 is 0 Å². The number of carbonyl (C=O) groups excluding carboxylic acids is 2. The van der Waals surface area contributed by atoms with Gasteiger partial charge in [-0.3, -0.25) is 9.59 Å². The molecule has 98 valence electrons. The minimum absolute atomic E-state index is 0.0560. The Labute approximate surface area is 110 Å². The van der Waals surface area contributed by atoms with E-state index in [-0.39, 0.29) is 17.0 Å². The molecule has 0 unspecified atom stereocenters. The molecule has 1 aliphatic carbocycles. The Kier molecular flexibility index (Phi) is 3.56. The SMILES string of the molecule is CCC(=O)c1sc(NCC2CC2)c(C(N)=O)c1N. The van der Waals surface area contributed by atoms with Gasteiger partial charge in [0.1, 0.15) is 5.00 Å². The number of thiophene rings is 1. The molecule has 1 aromatic rings. The van der Waals surface area contributed by atoms with Crippen LogP contribution in [0.5, 0.6) is 0 Å². The molecule has 0 aromatic carbocycles. The lowest BCUT2D eigenvalue weighted by Crippen LogP contribution is -2.15. The van der Waals surface area contributed by atoms with Crippen molar-refractivity contribution in [3.05, 3.63) is 10.4 Å². The van der Waals surface area contributed by atoms with Gasteiger partial charge in [-0.15, -0.1) is 11.3 Å². The number of nitrogen functional groups attached to an aromatic ring is 1. The van der Waals surface area contributed by atoms with E-state index in [1.165, 1.54) is 24.2 Å². The molecule has 18 heavy (non-hydrogen) atoms. The van der Waals surface area contributed by atoms with Gasteiger partial charge in [0.15, 0.2) is 5.78 Å². The summed E-state index contributed by atoms with van der Waals surface area (Å²) in [4.78, 5) is 23.6. The molecule has 0 bridgehead atoms. The summed E-state index contributed by atoms with van der Waals surface area (Å²) in [5.41, 5.74) is 11.7. The molecule has 1 aliphatic rings. The first-order chi connectivity index (χ1) is 8.54. The highest BCUT2D eigenvalue weighted by molar-refractivity contribution is 7.19. The summed E-state index contributed by atoms with van der Waals surface area (Å²) in [6, 6.07) is 0. The smallest absolute Gasteiger partial charge is 0.253 e. The van der Waals surface area contributed by atoms with Crippen LogP contribution >= 0.6 is 11.3 Å². The van der Waals surface area contributed by atoms with E-state index >= 15 is 0 Å². The second-order valence-corrected chi connectivity index (χ2v) is 5.53. The molecule has 1 aromatic heterocycles. The molecule has 0 aliphatic heterocycles. The lowest BCUT2D eigenvalue weighted by Gasteiger charge is -2.04. The van der Waals surface area contributed by atoms with Crippen molar-refractivity contribution in [3.8, 4) is 0 Å². The van der Waals surface area contributed by atoms with Crippen molar-refractivity contribution in [1.29, 1.82) is 0 Å². The van der Waals surface area contributed by atoms with Gasteiger partial charge in [0.2, 0.25) is 0 Å². The van der Waals surface area contributed by atoms with Crippen LogP contribution in [0.25, 0.3) is 0 Å². The normalized spacial score (nSPS) is 14.5. The van der Waals surface area contributed by atoms with Crippen LogP contribution < -0.4 is 16.8 Å². The standard InChI is InChI=1S/C12H17N3O2S/c1-2-7(16)10-9(13)8(11(14)17)12(18-10)15-5-6-3-4-6/h6,15H,2-5,13H2,1H3,(H2,14,17). The molecule has 1 heterocycles. The molecular formula is C12H17N3O2S. The second-order valence-electron chi connectivity index (χ2n) is 4.51. The van der Waals surface area contributed by atoms with E-state index in [4.69, 9.17) is 11.5 Å². The number of Topliss-reactive ketones (excluding diaryl/α,β-unsaturated/α-hetero) is 1. The monoisotopic (exact) mass is 267 g/mol. The summed E-state index contributed by atoms with van der Waals surface area (Å²) in [5.74, 6) is 0.0241. The highest BCUT2D eigenvalue weighted by Gasteiger charge is 2.26. The molecule has 0 saturated heterocycles. The van der Waals surface area contributed by atoms with E-state index in [0.717, 1.165) is 6.54 Å². The van der Waals surface area contributed by atoms with Crippen LogP contribution in [-0.4, -0.2) is 18.2 Å². The van der Waals surface area contributed by atoms with Gasteiger partial charge in [0.25, 0.3) is 5.91 Å². The van der Waals surface area contributed by atoms with Crippen LogP contribution in [0.1, 0.15) is 46.2 Å². The topological polar surface area (TPSA) is 98.2 Å². The largest absolute Gasteiger partial charge is 0.397 e. The molecule has 1 fully saturated rings. The van der Waals surface area contributed by atoms with E-state index in [0.29, 0.717) is 22.2 Å². The third-order valence-electron chi connectivity index (χ3n) is 3.01. The number of hydrogen-bond acceptors (Lipinski definition) is 5. The van der Waals surface area contributed by atoms with Crippen LogP contribution in [0.15, 0.2) is 0 Å². The summed E-state index contributed by atoms with van der Waals surface area (Å²) in [6.07, 6.45) is 2.78. The van der Waals surface area contributed by atoms with Gasteiger partial charge in [-0.1, -0.05) is 6.92 Å². The maximum absolute atomic E-state index is 11.7. The summed E-state index contributed by atoms with van der Waals surface area (Å²) < 4.78 is 0. The zero-order valence-electron chi connectivity index (χ0n) is 10.3. The number of anilines is 2. The molecule has 2 rings (SSSR count). The zero-order chi connectivity index (χ0) is 13.3. The Balaban J connectivity index is 2.30. The fourth-order valence-corrected chi connectivity index (χ4v) is 2.88. The average Bonchev–Trinajstić information content (AvgIpc) is 3.09. The molecule has 1 saturated carbocycles. The number of nitrogens with one attached hydrogen (secondary N) is 1. The zero-order valence-corrected chi connectivity index (χ0v) is 11.1. The van der Waals surface area contributed by atoms with E-state index < -0.39 is 5.91 Å². The number of hydrogen-bond donors (Lipinski definition) is 3. The van der Waals surface area contributed by atoms with Crippen molar-refractivity contribution in [3.63, 3.8) is 0 Å². The number of amides is 1.